The van der Waals surface area contributed by atoms with E-state index >= 15 is 0 Å². The van der Waals surface area contributed by atoms with E-state index < -0.39 is 11.6 Å². The number of para-hydroxylation sites is 1. The SMILES string of the molecule is Nc1ccccc1C1=C(O)c2ccccc2C(=O)C1=O. The number of aliphatic hydroxyl groups excluding tert-OH is 1. The number of anilines is 1. The van der Waals surface area contributed by atoms with Crippen molar-refractivity contribution in [3.63, 3.8) is 0 Å². The molecule has 3 rings (SSSR count). The number of ketones is 2. The summed E-state index contributed by atoms with van der Waals surface area (Å²) in [5.74, 6) is -1.57. The van der Waals surface area contributed by atoms with Crippen LogP contribution in [0.25, 0.3) is 11.3 Å². The number of aliphatic hydroxyl groups is 1. The third-order valence-corrected chi connectivity index (χ3v) is 3.33. The number of Topliss-reactive ketones (excluding diaryl/α,β-unsaturated/α-hetero) is 2. The fourth-order valence-corrected chi connectivity index (χ4v) is 2.34. The molecule has 0 saturated carbocycles. The number of benzene rings is 2. The van der Waals surface area contributed by atoms with Gasteiger partial charge in [0.15, 0.2) is 0 Å². The summed E-state index contributed by atoms with van der Waals surface area (Å²) in [5, 5.41) is 10.3. The molecular formula is C16H11NO3. The Kier molecular flexibility index (Phi) is 2.64. The van der Waals surface area contributed by atoms with Crippen LogP contribution in [0, 0.1) is 0 Å². The fourth-order valence-electron chi connectivity index (χ4n) is 2.34. The second-order valence-corrected chi connectivity index (χ2v) is 4.51. The van der Waals surface area contributed by atoms with E-state index in [0.717, 1.165) is 0 Å². The molecule has 2 aromatic carbocycles. The quantitative estimate of drug-likeness (QED) is 0.613. The maximum absolute atomic E-state index is 12.2. The molecule has 0 aliphatic heterocycles. The van der Waals surface area contributed by atoms with E-state index in [4.69, 9.17) is 5.73 Å². The molecule has 0 amide bonds. The number of carbonyl (C=O) groups excluding carboxylic acids is 2. The predicted octanol–water partition coefficient (Wildman–Crippen LogP) is 2.46. The molecule has 2 aromatic rings. The third-order valence-electron chi connectivity index (χ3n) is 3.33. The highest BCUT2D eigenvalue weighted by Gasteiger charge is 2.33. The molecule has 0 aromatic heterocycles. The van der Waals surface area contributed by atoms with Gasteiger partial charge in [-0.1, -0.05) is 42.5 Å². The Bertz CT molecular complexity index is 775. The van der Waals surface area contributed by atoms with Crippen LogP contribution >= 0.6 is 0 Å². The lowest BCUT2D eigenvalue weighted by atomic mass is 9.85. The first-order chi connectivity index (χ1) is 9.61. The van der Waals surface area contributed by atoms with Gasteiger partial charge in [-0.25, -0.2) is 0 Å². The highest BCUT2D eigenvalue weighted by atomic mass is 16.3. The summed E-state index contributed by atoms with van der Waals surface area (Å²) in [7, 11) is 0. The van der Waals surface area contributed by atoms with E-state index in [1.54, 1.807) is 42.5 Å². The first-order valence-corrected chi connectivity index (χ1v) is 6.08. The van der Waals surface area contributed by atoms with Gasteiger partial charge in [-0.05, 0) is 6.07 Å². The lowest BCUT2D eigenvalue weighted by Gasteiger charge is -2.18. The molecule has 0 bridgehead atoms. The highest BCUT2D eigenvalue weighted by Crippen LogP contribution is 2.35. The first-order valence-electron chi connectivity index (χ1n) is 6.08. The van der Waals surface area contributed by atoms with Gasteiger partial charge in [0.25, 0.3) is 0 Å². The van der Waals surface area contributed by atoms with E-state index in [2.05, 4.69) is 0 Å². The molecule has 0 unspecified atom stereocenters. The number of fused-ring (bicyclic) bond motifs is 1. The van der Waals surface area contributed by atoms with E-state index in [1.807, 2.05) is 0 Å². The molecule has 1 aliphatic carbocycles. The van der Waals surface area contributed by atoms with Crippen molar-refractivity contribution >= 4 is 28.6 Å². The number of nitrogens with two attached hydrogens (primary N) is 1. The summed E-state index contributed by atoms with van der Waals surface area (Å²) in [4.78, 5) is 24.3. The zero-order chi connectivity index (χ0) is 14.3. The zero-order valence-corrected chi connectivity index (χ0v) is 10.5. The minimum absolute atomic E-state index is 0.0354. The molecular weight excluding hydrogens is 254 g/mol. The zero-order valence-electron chi connectivity index (χ0n) is 10.5. The van der Waals surface area contributed by atoms with Crippen molar-refractivity contribution in [2.75, 3.05) is 5.73 Å². The van der Waals surface area contributed by atoms with Crippen molar-refractivity contribution < 1.29 is 14.7 Å². The summed E-state index contributed by atoms with van der Waals surface area (Å²) in [6.07, 6.45) is 0. The maximum atomic E-state index is 12.2. The van der Waals surface area contributed by atoms with Crippen LogP contribution < -0.4 is 5.73 Å². The molecule has 20 heavy (non-hydrogen) atoms. The van der Waals surface area contributed by atoms with Crippen LogP contribution in [0.4, 0.5) is 5.69 Å². The van der Waals surface area contributed by atoms with Crippen LogP contribution in [0.15, 0.2) is 48.5 Å². The van der Waals surface area contributed by atoms with Gasteiger partial charge >= 0.3 is 0 Å². The minimum Gasteiger partial charge on any atom is -0.506 e. The topological polar surface area (TPSA) is 80.4 Å². The summed E-state index contributed by atoms with van der Waals surface area (Å²) in [5.41, 5.74) is 7.09. The number of rotatable bonds is 1. The molecule has 0 radical (unpaired) electrons. The van der Waals surface area contributed by atoms with E-state index in [-0.39, 0.29) is 16.9 Å². The average molecular weight is 265 g/mol. The van der Waals surface area contributed by atoms with Crippen molar-refractivity contribution in [2.45, 2.75) is 0 Å². The Morgan fingerprint density at radius 1 is 0.750 bits per heavy atom. The van der Waals surface area contributed by atoms with Crippen LogP contribution in [0.3, 0.4) is 0 Å². The van der Waals surface area contributed by atoms with Crippen LogP contribution in [0.1, 0.15) is 21.5 Å². The summed E-state index contributed by atoms with van der Waals surface area (Å²) < 4.78 is 0. The summed E-state index contributed by atoms with van der Waals surface area (Å²) in [6.45, 7) is 0. The number of allylic oxidation sites excluding steroid dienone is 1. The van der Waals surface area contributed by atoms with Gasteiger partial charge in [-0.3, -0.25) is 9.59 Å². The van der Waals surface area contributed by atoms with Crippen LogP contribution in [0.2, 0.25) is 0 Å². The molecule has 3 N–H and O–H groups in total. The van der Waals surface area contributed by atoms with Gasteiger partial charge in [-0.15, -0.1) is 0 Å². The second kappa shape index (κ2) is 4.35. The van der Waals surface area contributed by atoms with Gasteiger partial charge in [-0.2, -0.15) is 0 Å². The highest BCUT2D eigenvalue weighted by molar-refractivity contribution is 6.62. The Hall–Kier alpha value is -2.88. The van der Waals surface area contributed by atoms with Crippen LogP contribution in [0.5, 0.6) is 0 Å². The predicted molar refractivity (Wildman–Crippen MR) is 76.1 cm³/mol. The van der Waals surface area contributed by atoms with Crippen molar-refractivity contribution in [1.29, 1.82) is 0 Å². The Labute approximate surface area is 115 Å². The molecule has 1 aliphatic rings. The lowest BCUT2D eigenvalue weighted by molar-refractivity contribution is -0.110. The molecule has 0 fully saturated rings. The average Bonchev–Trinajstić information content (AvgIpc) is 2.47. The van der Waals surface area contributed by atoms with Gasteiger partial charge < -0.3 is 10.8 Å². The van der Waals surface area contributed by atoms with Gasteiger partial charge in [0.1, 0.15) is 5.76 Å². The molecule has 0 spiro atoms. The van der Waals surface area contributed by atoms with Crippen molar-refractivity contribution in [3.05, 3.63) is 65.2 Å². The number of nitrogen functional groups attached to an aromatic ring is 1. The smallest absolute Gasteiger partial charge is 0.237 e. The van der Waals surface area contributed by atoms with Crippen LogP contribution in [-0.4, -0.2) is 16.7 Å². The Morgan fingerprint density at radius 2 is 1.30 bits per heavy atom. The molecule has 98 valence electrons. The summed E-state index contributed by atoms with van der Waals surface area (Å²) >= 11 is 0. The van der Waals surface area contributed by atoms with E-state index in [1.165, 1.54) is 6.07 Å². The normalized spacial score (nSPS) is 14.4. The maximum Gasteiger partial charge on any atom is 0.237 e. The number of carbonyl (C=O) groups is 2. The molecule has 0 heterocycles. The molecule has 4 heteroatoms. The van der Waals surface area contributed by atoms with Crippen molar-refractivity contribution in [3.8, 4) is 0 Å². The summed E-state index contributed by atoms with van der Waals surface area (Å²) in [6, 6.07) is 13.1. The molecule has 0 atom stereocenters. The van der Waals surface area contributed by atoms with E-state index in [0.29, 0.717) is 16.8 Å². The molecule has 0 saturated heterocycles. The third kappa shape index (κ3) is 1.62. The van der Waals surface area contributed by atoms with Crippen molar-refractivity contribution in [1.82, 2.24) is 0 Å². The standard InChI is InChI=1S/C16H11NO3/c17-12-8-4-3-7-11(12)13-14(18)9-5-1-2-6-10(9)15(19)16(13)20/h1-8,18H,17H2. The monoisotopic (exact) mass is 265 g/mol. The molecule has 4 nitrogen and oxygen atoms in total. The Morgan fingerprint density at radius 3 is 1.95 bits per heavy atom. The van der Waals surface area contributed by atoms with Gasteiger partial charge in [0.05, 0.1) is 5.57 Å². The van der Waals surface area contributed by atoms with E-state index in [9.17, 15) is 14.7 Å². The number of hydrogen-bond donors (Lipinski definition) is 2. The van der Waals surface area contributed by atoms with Gasteiger partial charge in [0.2, 0.25) is 11.6 Å². The number of hydrogen-bond acceptors (Lipinski definition) is 4. The van der Waals surface area contributed by atoms with Gasteiger partial charge in [0, 0.05) is 22.4 Å². The first kappa shape index (κ1) is 12.2. The second-order valence-electron chi connectivity index (χ2n) is 4.51. The van der Waals surface area contributed by atoms with Crippen LogP contribution in [-0.2, 0) is 4.79 Å². The Balaban J connectivity index is 2.33. The largest absolute Gasteiger partial charge is 0.506 e. The van der Waals surface area contributed by atoms with Crippen molar-refractivity contribution in [2.24, 2.45) is 0 Å². The minimum atomic E-state index is -0.737. The fraction of sp³-hybridized carbons (Fsp3) is 0. The lowest BCUT2D eigenvalue weighted by Crippen LogP contribution is -2.23.